The van der Waals surface area contributed by atoms with Crippen LogP contribution in [-0.4, -0.2) is 54.7 Å². The number of aromatic nitrogens is 2. The first-order chi connectivity index (χ1) is 9.85. The summed E-state index contributed by atoms with van der Waals surface area (Å²) in [5, 5.41) is 24.6. The molecule has 21 heavy (non-hydrogen) atoms. The largest absolute Gasteiger partial charge is 0.479 e. The van der Waals surface area contributed by atoms with Crippen LogP contribution in [0.2, 0.25) is 0 Å². The second-order valence-corrected chi connectivity index (χ2v) is 5.29. The third kappa shape index (κ3) is 5.34. The summed E-state index contributed by atoms with van der Waals surface area (Å²) in [5.41, 5.74) is 4.67. The molecular weight excluding hydrogens is 302 g/mol. The number of carbonyl (C=O) groups is 1. The van der Waals surface area contributed by atoms with Gasteiger partial charge in [-0.05, 0) is 13.0 Å². The van der Waals surface area contributed by atoms with E-state index in [9.17, 15) is 9.59 Å². The van der Waals surface area contributed by atoms with E-state index in [2.05, 4.69) is 4.98 Å². The summed E-state index contributed by atoms with van der Waals surface area (Å²) in [6.45, 7) is 1.14. The Labute approximate surface area is 124 Å². The van der Waals surface area contributed by atoms with Crippen LogP contribution in [0.3, 0.4) is 0 Å². The fourth-order valence-electron chi connectivity index (χ4n) is 1.33. The highest BCUT2D eigenvalue weighted by molar-refractivity contribution is 8.00. The van der Waals surface area contributed by atoms with Crippen LogP contribution in [0.4, 0.5) is 5.82 Å². The molecule has 1 aliphatic heterocycles. The molecule has 0 spiro atoms. The van der Waals surface area contributed by atoms with E-state index in [1.165, 1.54) is 23.3 Å². The fourth-order valence-corrected chi connectivity index (χ4v) is 2.26. The van der Waals surface area contributed by atoms with Crippen LogP contribution >= 0.6 is 11.8 Å². The minimum atomic E-state index is -1.23. The summed E-state index contributed by atoms with van der Waals surface area (Å²) < 4.78 is 6.79. The summed E-state index contributed by atoms with van der Waals surface area (Å²) >= 11 is 1.47. The summed E-state index contributed by atoms with van der Waals surface area (Å²) in [7, 11) is 0. The number of aliphatic hydroxyl groups excluding tert-OH is 2. The number of carboxylic acids is 1. The quantitative estimate of drug-likeness (QED) is 0.542. The highest BCUT2D eigenvalue weighted by Gasteiger charge is 2.27. The molecule has 0 radical (unpaired) electrons. The van der Waals surface area contributed by atoms with Gasteiger partial charge in [0.1, 0.15) is 23.6 Å². The van der Waals surface area contributed by atoms with Crippen LogP contribution in [0.5, 0.6) is 0 Å². The lowest BCUT2D eigenvalue weighted by molar-refractivity contribution is -0.145. The molecule has 9 nitrogen and oxygen atoms in total. The van der Waals surface area contributed by atoms with E-state index in [1.54, 1.807) is 12.3 Å². The Kier molecular flexibility index (Phi) is 6.62. The van der Waals surface area contributed by atoms with E-state index < -0.39 is 17.8 Å². The molecule has 1 saturated heterocycles. The number of aliphatic hydroxyl groups is 2. The number of hydrogen-bond donors (Lipinski definition) is 4. The van der Waals surface area contributed by atoms with Crippen molar-refractivity contribution in [1.82, 2.24) is 9.55 Å². The molecule has 0 amide bonds. The standard InChI is InChI=1S/C8H11N3O3S.C3H6O3/c9-5-1-2-11(8(13)10-5)6-4-15-7(3-12)14-6;1-2(4)3(5)6/h1-2,6-7,12H,3-4H2,(H2,9,10,13);2,4H,1H3,(H,5,6)/t6-,7+;/m0./s1. The van der Waals surface area contributed by atoms with Gasteiger partial charge in [0, 0.05) is 11.9 Å². The van der Waals surface area contributed by atoms with Gasteiger partial charge in [0.25, 0.3) is 0 Å². The highest BCUT2D eigenvalue weighted by atomic mass is 32.2. The van der Waals surface area contributed by atoms with E-state index in [4.69, 9.17) is 25.8 Å². The second-order valence-electron chi connectivity index (χ2n) is 4.09. The molecule has 1 aromatic heterocycles. The molecule has 0 saturated carbocycles. The van der Waals surface area contributed by atoms with Gasteiger partial charge in [-0.3, -0.25) is 4.57 Å². The van der Waals surface area contributed by atoms with Gasteiger partial charge in [-0.25, -0.2) is 9.59 Å². The summed E-state index contributed by atoms with van der Waals surface area (Å²) in [4.78, 5) is 24.5. The van der Waals surface area contributed by atoms with Crippen molar-refractivity contribution in [2.24, 2.45) is 0 Å². The lowest BCUT2D eigenvalue weighted by atomic mass is 10.4. The van der Waals surface area contributed by atoms with Crippen molar-refractivity contribution < 1.29 is 24.9 Å². The zero-order valence-corrected chi connectivity index (χ0v) is 12.1. The third-order valence-corrected chi connectivity index (χ3v) is 3.51. The van der Waals surface area contributed by atoms with Crippen LogP contribution in [0.25, 0.3) is 0 Å². The van der Waals surface area contributed by atoms with Gasteiger partial charge in [0.05, 0.1) is 6.61 Å². The maximum absolute atomic E-state index is 11.4. The van der Waals surface area contributed by atoms with Gasteiger partial charge < -0.3 is 25.8 Å². The molecule has 2 heterocycles. The molecule has 5 N–H and O–H groups in total. The van der Waals surface area contributed by atoms with Crippen LogP contribution < -0.4 is 11.4 Å². The number of nitrogens with zero attached hydrogens (tertiary/aromatic N) is 2. The Morgan fingerprint density at radius 1 is 1.71 bits per heavy atom. The minimum absolute atomic E-state index is 0.0572. The van der Waals surface area contributed by atoms with Crippen molar-refractivity contribution >= 4 is 23.5 Å². The first-order valence-electron chi connectivity index (χ1n) is 5.98. The normalized spacial score (nSPS) is 22.2. The molecule has 2 rings (SSSR count). The maximum Gasteiger partial charge on any atom is 0.351 e. The van der Waals surface area contributed by atoms with Gasteiger partial charge >= 0.3 is 11.7 Å². The smallest absolute Gasteiger partial charge is 0.351 e. The van der Waals surface area contributed by atoms with Gasteiger partial charge in [-0.1, -0.05) is 0 Å². The van der Waals surface area contributed by atoms with Crippen molar-refractivity contribution in [2.75, 3.05) is 18.1 Å². The number of nitrogens with two attached hydrogens (primary N) is 1. The molecule has 1 unspecified atom stereocenters. The Morgan fingerprint density at radius 3 is 2.76 bits per heavy atom. The van der Waals surface area contributed by atoms with Gasteiger partial charge in [-0.15, -0.1) is 11.8 Å². The van der Waals surface area contributed by atoms with E-state index in [-0.39, 0.29) is 24.1 Å². The molecular formula is C11H17N3O6S. The molecule has 3 atom stereocenters. The van der Waals surface area contributed by atoms with E-state index in [1.807, 2.05) is 0 Å². The average Bonchev–Trinajstić information content (AvgIpc) is 2.88. The molecule has 0 aliphatic carbocycles. The van der Waals surface area contributed by atoms with Crippen molar-refractivity contribution in [1.29, 1.82) is 0 Å². The van der Waals surface area contributed by atoms with Gasteiger partial charge in [-0.2, -0.15) is 4.98 Å². The van der Waals surface area contributed by atoms with Crippen LogP contribution in [0, 0.1) is 0 Å². The van der Waals surface area contributed by atoms with Gasteiger partial charge in [0.2, 0.25) is 0 Å². The molecule has 118 valence electrons. The lowest BCUT2D eigenvalue weighted by Gasteiger charge is -2.13. The number of hydrogen-bond acceptors (Lipinski definition) is 8. The molecule has 0 aromatic carbocycles. The fraction of sp³-hybridized carbons (Fsp3) is 0.545. The van der Waals surface area contributed by atoms with E-state index in [0.29, 0.717) is 5.75 Å². The summed E-state index contributed by atoms with van der Waals surface area (Å²) in [5.74, 6) is -0.368. The van der Waals surface area contributed by atoms with Crippen molar-refractivity contribution in [2.45, 2.75) is 24.7 Å². The Hall–Kier alpha value is -1.62. The number of rotatable bonds is 3. The number of ether oxygens (including phenoxy) is 1. The van der Waals surface area contributed by atoms with Crippen molar-refractivity contribution in [3.8, 4) is 0 Å². The Bertz CT molecular complexity index is 535. The first kappa shape index (κ1) is 17.4. The van der Waals surface area contributed by atoms with Crippen molar-refractivity contribution in [3.05, 3.63) is 22.7 Å². The highest BCUT2D eigenvalue weighted by Crippen LogP contribution is 2.30. The lowest BCUT2D eigenvalue weighted by Crippen LogP contribution is -2.28. The molecule has 0 bridgehead atoms. The first-order valence-corrected chi connectivity index (χ1v) is 7.03. The number of aliphatic carboxylic acids is 1. The predicted octanol–water partition coefficient (Wildman–Crippen LogP) is -1.14. The molecule has 1 aliphatic rings. The number of anilines is 1. The van der Waals surface area contributed by atoms with Crippen molar-refractivity contribution in [3.63, 3.8) is 0 Å². The predicted molar refractivity (Wildman–Crippen MR) is 75.7 cm³/mol. The second kappa shape index (κ2) is 7.98. The average molecular weight is 319 g/mol. The summed E-state index contributed by atoms with van der Waals surface area (Å²) in [6, 6.07) is 1.54. The minimum Gasteiger partial charge on any atom is -0.479 e. The number of carboxylic acid groups (broad SMARTS) is 1. The molecule has 1 aromatic rings. The Morgan fingerprint density at radius 2 is 2.33 bits per heavy atom. The Balaban J connectivity index is 0.000000315. The SMILES string of the molecule is CC(O)C(=O)O.Nc1ccn([C@@H]2CS[C@H](CO)O2)c(=O)n1. The molecule has 1 fully saturated rings. The topological polar surface area (TPSA) is 148 Å². The van der Waals surface area contributed by atoms with Crippen LogP contribution in [0.15, 0.2) is 17.1 Å². The number of thioether (sulfide) groups is 1. The van der Waals surface area contributed by atoms with Crippen LogP contribution in [0.1, 0.15) is 13.2 Å². The monoisotopic (exact) mass is 319 g/mol. The zero-order chi connectivity index (χ0) is 16.0. The van der Waals surface area contributed by atoms with Crippen LogP contribution in [-0.2, 0) is 9.53 Å². The third-order valence-electron chi connectivity index (χ3n) is 2.40. The van der Waals surface area contributed by atoms with E-state index in [0.717, 1.165) is 0 Å². The number of nitrogen functional groups attached to an aromatic ring is 1. The van der Waals surface area contributed by atoms with Gasteiger partial charge in [0.15, 0.2) is 0 Å². The zero-order valence-electron chi connectivity index (χ0n) is 11.2. The summed E-state index contributed by atoms with van der Waals surface area (Å²) in [6.07, 6.45) is -0.0481. The maximum atomic E-state index is 11.4. The van der Waals surface area contributed by atoms with E-state index >= 15 is 0 Å². The molecule has 10 heteroatoms.